The van der Waals surface area contributed by atoms with E-state index in [1.807, 2.05) is 0 Å². The Morgan fingerprint density at radius 1 is 1.36 bits per heavy atom. The molecule has 2 amide bonds. The van der Waals surface area contributed by atoms with Crippen LogP contribution in [0.1, 0.15) is 32.2 Å². The lowest BCUT2D eigenvalue weighted by Crippen LogP contribution is -2.45. The smallest absolute Gasteiger partial charge is 0.326 e. The van der Waals surface area contributed by atoms with Crippen LogP contribution in [0, 0.1) is 0 Å². The molecule has 2 unspecified atom stereocenters. The van der Waals surface area contributed by atoms with Crippen molar-refractivity contribution in [2.24, 2.45) is 5.73 Å². The van der Waals surface area contributed by atoms with Crippen LogP contribution in [0.25, 0.3) is 0 Å². The second-order valence-electron chi connectivity index (χ2n) is 4.77. The standard InChI is InChI=1S/C14H19N3O5/c1-2-10(17-8-4-3-5-12(17)19)13(20)16-9(14(21)22)6-7-11(15)18/h3-5,8-10H,2,6-7H2,1H3,(H2,15,18)(H,16,20)(H,21,22). The lowest BCUT2D eigenvalue weighted by molar-refractivity contribution is -0.142. The van der Waals surface area contributed by atoms with Crippen LogP contribution in [-0.4, -0.2) is 33.5 Å². The lowest BCUT2D eigenvalue weighted by Gasteiger charge is -2.20. The highest BCUT2D eigenvalue weighted by Crippen LogP contribution is 2.10. The highest BCUT2D eigenvalue weighted by molar-refractivity contribution is 5.86. The zero-order valence-corrected chi connectivity index (χ0v) is 12.2. The molecular formula is C14H19N3O5. The number of hydrogen-bond donors (Lipinski definition) is 3. The second kappa shape index (κ2) is 7.96. The molecule has 0 radical (unpaired) electrons. The van der Waals surface area contributed by atoms with Crippen molar-refractivity contribution >= 4 is 17.8 Å². The third kappa shape index (κ3) is 4.72. The average molecular weight is 309 g/mol. The number of aromatic nitrogens is 1. The third-order valence-electron chi connectivity index (χ3n) is 3.17. The summed E-state index contributed by atoms with van der Waals surface area (Å²) in [4.78, 5) is 45.9. The molecule has 1 aromatic rings. The van der Waals surface area contributed by atoms with E-state index in [1.54, 1.807) is 19.1 Å². The van der Waals surface area contributed by atoms with Gasteiger partial charge in [0.1, 0.15) is 12.1 Å². The van der Waals surface area contributed by atoms with Crippen LogP contribution in [0.4, 0.5) is 0 Å². The van der Waals surface area contributed by atoms with Crippen molar-refractivity contribution in [1.82, 2.24) is 9.88 Å². The number of nitrogens with zero attached hydrogens (tertiary/aromatic N) is 1. The molecule has 0 aliphatic heterocycles. The van der Waals surface area contributed by atoms with Gasteiger partial charge in [-0.05, 0) is 18.9 Å². The van der Waals surface area contributed by atoms with E-state index in [-0.39, 0.29) is 18.4 Å². The quantitative estimate of drug-likeness (QED) is 0.603. The number of nitrogens with two attached hydrogens (primary N) is 1. The molecule has 8 nitrogen and oxygen atoms in total. The normalized spacial score (nSPS) is 13.1. The fraction of sp³-hybridized carbons (Fsp3) is 0.429. The van der Waals surface area contributed by atoms with E-state index in [1.165, 1.54) is 16.8 Å². The Hall–Kier alpha value is -2.64. The maximum absolute atomic E-state index is 12.2. The predicted molar refractivity (Wildman–Crippen MR) is 78.0 cm³/mol. The molecule has 2 atom stereocenters. The number of carbonyl (C=O) groups is 3. The number of pyridine rings is 1. The van der Waals surface area contributed by atoms with Crippen LogP contribution in [0.2, 0.25) is 0 Å². The van der Waals surface area contributed by atoms with Crippen molar-refractivity contribution in [1.29, 1.82) is 0 Å². The fourth-order valence-electron chi connectivity index (χ4n) is 2.02. The van der Waals surface area contributed by atoms with E-state index in [9.17, 15) is 19.2 Å². The number of carboxylic acids is 1. The summed E-state index contributed by atoms with van der Waals surface area (Å²) in [5.74, 6) is -2.50. The summed E-state index contributed by atoms with van der Waals surface area (Å²) in [7, 11) is 0. The highest BCUT2D eigenvalue weighted by atomic mass is 16.4. The van der Waals surface area contributed by atoms with Crippen LogP contribution in [-0.2, 0) is 14.4 Å². The molecule has 22 heavy (non-hydrogen) atoms. The molecule has 1 rings (SSSR count). The van der Waals surface area contributed by atoms with Gasteiger partial charge in [-0.25, -0.2) is 4.79 Å². The first kappa shape index (κ1) is 17.4. The third-order valence-corrected chi connectivity index (χ3v) is 3.17. The molecule has 120 valence electrons. The minimum absolute atomic E-state index is 0.101. The molecule has 0 saturated carbocycles. The number of nitrogens with one attached hydrogen (secondary N) is 1. The molecule has 0 aromatic carbocycles. The Morgan fingerprint density at radius 2 is 2.05 bits per heavy atom. The van der Waals surface area contributed by atoms with Gasteiger partial charge in [0, 0.05) is 18.7 Å². The van der Waals surface area contributed by atoms with Gasteiger partial charge in [0.05, 0.1) is 0 Å². The van der Waals surface area contributed by atoms with Crippen LogP contribution in [0.3, 0.4) is 0 Å². The van der Waals surface area contributed by atoms with Crippen molar-refractivity contribution in [3.05, 3.63) is 34.7 Å². The number of carboxylic acid groups (broad SMARTS) is 1. The monoisotopic (exact) mass is 309 g/mol. The summed E-state index contributed by atoms with van der Waals surface area (Å²) in [6.07, 6.45) is 1.53. The zero-order chi connectivity index (χ0) is 16.7. The Bertz CT molecular complexity index is 610. The van der Waals surface area contributed by atoms with Crippen molar-refractivity contribution < 1.29 is 19.5 Å². The number of aliphatic carboxylic acids is 1. The molecule has 0 spiro atoms. The maximum atomic E-state index is 12.2. The Kier molecular flexibility index (Phi) is 6.30. The molecule has 0 bridgehead atoms. The van der Waals surface area contributed by atoms with E-state index >= 15 is 0 Å². The summed E-state index contributed by atoms with van der Waals surface area (Å²) in [6, 6.07) is 2.44. The molecular weight excluding hydrogens is 290 g/mol. The Labute approximate surface area is 126 Å². The van der Waals surface area contributed by atoms with Gasteiger partial charge in [-0.2, -0.15) is 0 Å². The number of rotatable bonds is 8. The fourth-order valence-corrected chi connectivity index (χ4v) is 2.02. The number of hydrogen-bond acceptors (Lipinski definition) is 4. The van der Waals surface area contributed by atoms with Crippen molar-refractivity contribution in [2.75, 3.05) is 0 Å². The van der Waals surface area contributed by atoms with Crippen molar-refractivity contribution in [2.45, 2.75) is 38.3 Å². The van der Waals surface area contributed by atoms with Gasteiger partial charge in [-0.15, -0.1) is 0 Å². The zero-order valence-electron chi connectivity index (χ0n) is 12.2. The molecule has 4 N–H and O–H groups in total. The molecule has 8 heteroatoms. The SMILES string of the molecule is CCC(C(=O)NC(CCC(N)=O)C(=O)O)n1ccccc1=O. The summed E-state index contributed by atoms with van der Waals surface area (Å²) in [5.41, 5.74) is 4.63. The summed E-state index contributed by atoms with van der Waals surface area (Å²) in [5, 5.41) is 11.4. The first-order chi connectivity index (χ1) is 10.4. The largest absolute Gasteiger partial charge is 0.480 e. The van der Waals surface area contributed by atoms with Crippen molar-refractivity contribution in [3.63, 3.8) is 0 Å². The summed E-state index contributed by atoms with van der Waals surface area (Å²) < 4.78 is 1.24. The minimum atomic E-state index is -1.26. The van der Waals surface area contributed by atoms with Crippen LogP contribution in [0.15, 0.2) is 29.2 Å². The number of primary amides is 1. The topological polar surface area (TPSA) is 131 Å². The molecule has 1 aromatic heterocycles. The van der Waals surface area contributed by atoms with E-state index in [2.05, 4.69) is 5.32 Å². The first-order valence-corrected chi connectivity index (χ1v) is 6.85. The molecule has 1 heterocycles. The number of carbonyl (C=O) groups excluding carboxylic acids is 2. The van der Waals surface area contributed by atoms with E-state index in [0.717, 1.165) is 0 Å². The summed E-state index contributed by atoms with van der Waals surface area (Å²) in [6.45, 7) is 1.71. The molecule has 0 aliphatic carbocycles. The van der Waals surface area contributed by atoms with Gasteiger partial charge in [0.25, 0.3) is 5.56 Å². The van der Waals surface area contributed by atoms with Gasteiger partial charge in [0.15, 0.2) is 0 Å². The maximum Gasteiger partial charge on any atom is 0.326 e. The van der Waals surface area contributed by atoms with Crippen LogP contribution in [0.5, 0.6) is 0 Å². The molecule has 0 fully saturated rings. The minimum Gasteiger partial charge on any atom is -0.480 e. The summed E-state index contributed by atoms with van der Waals surface area (Å²) >= 11 is 0. The lowest BCUT2D eigenvalue weighted by atomic mass is 10.1. The van der Waals surface area contributed by atoms with Gasteiger partial charge in [-0.1, -0.05) is 13.0 Å². The van der Waals surface area contributed by atoms with Crippen LogP contribution < -0.4 is 16.6 Å². The predicted octanol–water partition coefficient (Wildman–Crippen LogP) is -0.366. The molecule has 0 aliphatic rings. The highest BCUT2D eigenvalue weighted by Gasteiger charge is 2.25. The van der Waals surface area contributed by atoms with Crippen LogP contribution >= 0.6 is 0 Å². The second-order valence-corrected chi connectivity index (χ2v) is 4.77. The van der Waals surface area contributed by atoms with E-state index in [0.29, 0.717) is 6.42 Å². The Morgan fingerprint density at radius 3 is 2.55 bits per heavy atom. The van der Waals surface area contributed by atoms with Gasteiger partial charge in [0.2, 0.25) is 11.8 Å². The van der Waals surface area contributed by atoms with Crippen molar-refractivity contribution in [3.8, 4) is 0 Å². The van der Waals surface area contributed by atoms with Gasteiger partial charge in [-0.3, -0.25) is 14.4 Å². The average Bonchev–Trinajstić information content (AvgIpc) is 2.45. The molecule has 0 saturated heterocycles. The number of amides is 2. The van der Waals surface area contributed by atoms with E-state index < -0.39 is 29.9 Å². The first-order valence-electron chi connectivity index (χ1n) is 6.85. The Balaban J connectivity index is 2.87. The van der Waals surface area contributed by atoms with Gasteiger partial charge < -0.3 is 20.7 Å². The van der Waals surface area contributed by atoms with Gasteiger partial charge >= 0.3 is 5.97 Å². The van der Waals surface area contributed by atoms with E-state index in [4.69, 9.17) is 10.8 Å².